The molecule has 0 aromatic heterocycles. The van der Waals surface area contributed by atoms with E-state index in [9.17, 15) is 9.59 Å². The van der Waals surface area contributed by atoms with Crippen LogP contribution in [0.5, 0.6) is 0 Å². The molecule has 1 rings (SSSR count). The van der Waals surface area contributed by atoms with Crippen molar-refractivity contribution in [2.75, 3.05) is 14.2 Å². The molecule has 0 saturated carbocycles. The van der Waals surface area contributed by atoms with Gasteiger partial charge >= 0.3 is 11.9 Å². The van der Waals surface area contributed by atoms with E-state index in [1.165, 1.54) is 14.2 Å². The van der Waals surface area contributed by atoms with Gasteiger partial charge in [0.1, 0.15) is 12.1 Å². The topological polar surface area (TPSA) is 90.7 Å². The van der Waals surface area contributed by atoms with Gasteiger partial charge in [-0.15, -0.1) is 0 Å². The summed E-state index contributed by atoms with van der Waals surface area (Å²) in [6, 6.07) is -0.850. The van der Waals surface area contributed by atoms with Crippen molar-refractivity contribution in [3.8, 4) is 0 Å². The van der Waals surface area contributed by atoms with Crippen molar-refractivity contribution in [2.24, 2.45) is 5.73 Å². The zero-order valence-electron chi connectivity index (χ0n) is 9.56. The summed E-state index contributed by atoms with van der Waals surface area (Å²) >= 11 is 0. The maximum Gasteiger partial charge on any atom is 0.322 e. The van der Waals surface area contributed by atoms with Crippen LogP contribution in [0.15, 0.2) is 0 Å². The lowest BCUT2D eigenvalue weighted by molar-refractivity contribution is -0.142. The fraction of sp³-hybridized carbons (Fsp3) is 0.800. The Morgan fingerprint density at radius 2 is 2.06 bits per heavy atom. The van der Waals surface area contributed by atoms with Gasteiger partial charge in [-0.2, -0.15) is 0 Å². The second-order valence-electron chi connectivity index (χ2n) is 3.88. The Hall–Kier alpha value is -1.14. The third-order valence-electron chi connectivity index (χ3n) is 2.77. The maximum atomic E-state index is 11.2. The highest BCUT2D eigenvalue weighted by Crippen LogP contribution is 2.17. The lowest BCUT2D eigenvalue weighted by Crippen LogP contribution is -2.41. The molecule has 1 aliphatic heterocycles. The van der Waals surface area contributed by atoms with Gasteiger partial charge in [0.25, 0.3) is 0 Å². The number of nitrogens with two attached hydrogens (primary N) is 1. The highest BCUT2D eigenvalue weighted by atomic mass is 16.5. The van der Waals surface area contributed by atoms with E-state index in [-0.39, 0.29) is 18.1 Å². The van der Waals surface area contributed by atoms with Crippen molar-refractivity contribution in [3.05, 3.63) is 0 Å². The van der Waals surface area contributed by atoms with Crippen molar-refractivity contribution < 1.29 is 19.1 Å². The van der Waals surface area contributed by atoms with E-state index < -0.39 is 12.0 Å². The Morgan fingerprint density at radius 1 is 1.38 bits per heavy atom. The van der Waals surface area contributed by atoms with Crippen LogP contribution < -0.4 is 11.1 Å². The predicted molar refractivity (Wildman–Crippen MR) is 56.6 cm³/mol. The van der Waals surface area contributed by atoms with Gasteiger partial charge in [-0.3, -0.25) is 9.59 Å². The molecule has 0 unspecified atom stereocenters. The number of ether oxygens (including phenoxy) is 2. The fourth-order valence-electron chi connectivity index (χ4n) is 1.89. The summed E-state index contributed by atoms with van der Waals surface area (Å²) in [6.07, 6.45) is 2.00. The number of rotatable bonds is 4. The first kappa shape index (κ1) is 12.9. The van der Waals surface area contributed by atoms with E-state index >= 15 is 0 Å². The Kier molecular flexibility index (Phi) is 4.70. The highest BCUT2D eigenvalue weighted by Gasteiger charge is 2.31. The van der Waals surface area contributed by atoms with E-state index in [2.05, 4.69) is 14.8 Å². The molecule has 0 aliphatic carbocycles. The second kappa shape index (κ2) is 5.81. The fourth-order valence-corrected chi connectivity index (χ4v) is 1.89. The number of carbonyl (C=O) groups is 2. The largest absolute Gasteiger partial charge is 0.468 e. The molecule has 0 bridgehead atoms. The molecule has 92 valence electrons. The van der Waals surface area contributed by atoms with Gasteiger partial charge in [0.05, 0.1) is 14.2 Å². The summed E-state index contributed by atoms with van der Waals surface area (Å²) in [5.74, 6) is -0.697. The third kappa shape index (κ3) is 3.18. The molecule has 3 atom stereocenters. The molecule has 3 N–H and O–H groups in total. The Bertz CT molecular complexity index is 270. The quantitative estimate of drug-likeness (QED) is 0.613. The number of hydrogen-bond acceptors (Lipinski definition) is 6. The third-order valence-corrected chi connectivity index (χ3v) is 2.77. The minimum Gasteiger partial charge on any atom is -0.468 e. The number of methoxy groups -OCH3 is 2. The zero-order valence-corrected chi connectivity index (χ0v) is 9.56. The van der Waals surface area contributed by atoms with E-state index in [0.29, 0.717) is 12.8 Å². The number of esters is 2. The first-order valence-electron chi connectivity index (χ1n) is 5.25. The monoisotopic (exact) mass is 230 g/mol. The first-order chi connectivity index (χ1) is 7.58. The average Bonchev–Trinajstić information content (AvgIpc) is 2.75. The van der Waals surface area contributed by atoms with Gasteiger partial charge in [0.2, 0.25) is 0 Å². The van der Waals surface area contributed by atoms with Gasteiger partial charge in [0, 0.05) is 6.04 Å². The average molecular weight is 230 g/mol. The normalized spacial score (nSPS) is 26.2. The van der Waals surface area contributed by atoms with Crippen LogP contribution in [0, 0.1) is 0 Å². The summed E-state index contributed by atoms with van der Waals surface area (Å²) in [4.78, 5) is 22.3. The summed E-state index contributed by atoms with van der Waals surface area (Å²) in [5, 5.41) is 3.09. The molecule has 0 aromatic carbocycles. The van der Waals surface area contributed by atoms with Crippen LogP contribution in [-0.2, 0) is 19.1 Å². The standard InChI is InChI=1S/C10H18N2O4/c1-15-9(13)7(11)5-6-3-4-8(12-6)10(14)16-2/h6-8,12H,3-5,11H2,1-2H3/t6-,7+,8+/m1/s1. The van der Waals surface area contributed by atoms with Gasteiger partial charge in [-0.25, -0.2) is 0 Å². The van der Waals surface area contributed by atoms with Crippen LogP contribution in [0.3, 0.4) is 0 Å². The van der Waals surface area contributed by atoms with E-state index in [1.54, 1.807) is 0 Å². The molecule has 0 amide bonds. The van der Waals surface area contributed by atoms with E-state index in [4.69, 9.17) is 5.73 Å². The maximum absolute atomic E-state index is 11.2. The van der Waals surface area contributed by atoms with Crippen LogP contribution in [0.1, 0.15) is 19.3 Å². The van der Waals surface area contributed by atoms with Crippen molar-refractivity contribution in [2.45, 2.75) is 37.4 Å². The van der Waals surface area contributed by atoms with Crippen molar-refractivity contribution >= 4 is 11.9 Å². The van der Waals surface area contributed by atoms with Crippen LogP contribution in [-0.4, -0.2) is 44.3 Å². The van der Waals surface area contributed by atoms with Gasteiger partial charge in [0.15, 0.2) is 0 Å². The summed E-state index contributed by atoms with van der Waals surface area (Å²) < 4.78 is 9.17. The summed E-state index contributed by atoms with van der Waals surface area (Å²) in [7, 11) is 2.67. The number of nitrogens with one attached hydrogen (secondary N) is 1. The Labute approximate surface area is 94.5 Å². The molecule has 0 spiro atoms. The van der Waals surface area contributed by atoms with Crippen LogP contribution >= 0.6 is 0 Å². The molecule has 6 nitrogen and oxygen atoms in total. The molecule has 1 saturated heterocycles. The summed E-state index contributed by atoms with van der Waals surface area (Å²) in [5.41, 5.74) is 5.63. The Morgan fingerprint density at radius 3 is 2.62 bits per heavy atom. The Balaban J connectivity index is 2.36. The van der Waals surface area contributed by atoms with Gasteiger partial charge in [-0.1, -0.05) is 0 Å². The smallest absolute Gasteiger partial charge is 0.322 e. The minimum absolute atomic E-state index is 0.0678. The second-order valence-corrected chi connectivity index (χ2v) is 3.88. The summed E-state index contributed by atoms with van der Waals surface area (Å²) in [6.45, 7) is 0. The molecule has 0 aromatic rings. The van der Waals surface area contributed by atoms with Gasteiger partial charge < -0.3 is 20.5 Å². The molecular formula is C10H18N2O4. The zero-order chi connectivity index (χ0) is 12.1. The van der Waals surface area contributed by atoms with Crippen molar-refractivity contribution in [1.29, 1.82) is 0 Å². The number of hydrogen-bond donors (Lipinski definition) is 2. The number of carbonyl (C=O) groups excluding carboxylic acids is 2. The van der Waals surface area contributed by atoms with Crippen molar-refractivity contribution in [3.63, 3.8) is 0 Å². The van der Waals surface area contributed by atoms with E-state index in [0.717, 1.165) is 6.42 Å². The molecule has 1 aliphatic rings. The molecule has 1 fully saturated rings. The highest BCUT2D eigenvalue weighted by molar-refractivity contribution is 5.76. The molecule has 16 heavy (non-hydrogen) atoms. The predicted octanol–water partition coefficient (Wildman–Crippen LogP) is -0.830. The molecule has 6 heteroatoms. The van der Waals surface area contributed by atoms with E-state index in [1.807, 2.05) is 0 Å². The molecular weight excluding hydrogens is 212 g/mol. The van der Waals surface area contributed by atoms with Crippen molar-refractivity contribution in [1.82, 2.24) is 5.32 Å². The van der Waals surface area contributed by atoms with Crippen LogP contribution in [0.25, 0.3) is 0 Å². The minimum atomic E-state index is -0.640. The lowest BCUT2D eigenvalue weighted by atomic mass is 10.1. The SMILES string of the molecule is COC(=O)[C@@H]1CC[C@H](C[C@H](N)C(=O)OC)N1. The first-order valence-corrected chi connectivity index (χ1v) is 5.25. The molecule has 0 radical (unpaired) electrons. The molecule has 1 heterocycles. The van der Waals surface area contributed by atoms with Gasteiger partial charge in [-0.05, 0) is 19.3 Å². The van der Waals surface area contributed by atoms with Crippen LogP contribution in [0.4, 0.5) is 0 Å². The lowest BCUT2D eigenvalue weighted by Gasteiger charge is -2.16. The van der Waals surface area contributed by atoms with Crippen LogP contribution in [0.2, 0.25) is 0 Å².